The van der Waals surface area contributed by atoms with E-state index in [9.17, 15) is 4.79 Å². The van der Waals surface area contributed by atoms with Crippen LogP contribution >= 0.6 is 11.6 Å². The van der Waals surface area contributed by atoms with E-state index in [1.54, 1.807) is 0 Å². The quantitative estimate of drug-likeness (QED) is 0.395. The van der Waals surface area contributed by atoms with Crippen LogP contribution in [0.4, 0.5) is 0 Å². The monoisotopic (exact) mass is 453 g/mol. The van der Waals surface area contributed by atoms with Crippen molar-refractivity contribution in [2.45, 2.75) is 57.9 Å². The number of para-hydroxylation sites is 2. The van der Waals surface area contributed by atoms with Crippen molar-refractivity contribution in [3.05, 3.63) is 59.4 Å². The smallest absolute Gasteiger partial charge is 0.223 e. The first-order valence-corrected chi connectivity index (χ1v) is 12.2. The summed E-state index contributed by atoms with van der Waals surface area (Å²) in [6.07, 6.45) is 8.37. The molecule has 1 aliphatic carbocycles. The van der Waals surface area contributed by atoms with Crippen molar-refractivity contribution in [1.29, 1.82) is 0 Å². The first-order chi connectivity index (χ1) is 15.7. The lowest BCUT2D eigenvalue weighted by Crippen LogP contribution is -2.33. The van der Waals surface area contributed by atoms with Crippen molar-refractivity contribution in [3.63, 3.8) is 0 Å². The van der Waals surface area contributed by atoms with Gasteiger partial charge in [-0.25, -0.2) is 4.98 Å². The van der Waals surface area contributed by atoms with Crippen LogP contribution in [0.15, 0.2) is 48.5 Å². The normalized spacial score (nSPS) is 14.5. The van der Waals surface area contributed by atoms with Gasteiger partial charge in [0, 0.05) is 30.5 Å². The number of halogens is 1. The van der Waals surface area contributed by atoms with Crippen LogP contribution in [0, 0.1) is 5.92 Å². The molecule has 1 amide bonds. The molecule has 3 aromatic rings. The van der Waals surface area contributed by atoms with Gasteiger partial charge in [-0.1, -0.05) is 43.0 Å². The van der Waals surface area contributed by atoms with Gasteiger partial charge in [0.1, 0.15) is 11.6 Å². The summed E-state index contributed by atoms with van der Waals surface area (Å²) in [5.74, 6) is 2.29. The molecule has 170 valence electrons. The summed E-state index contributed by atoms with van der Waals surface area (Å²) in [4.78, 5) is 17.3. The van der Waals surface area contributed by atoms with Crippen LogP contribution in [0.25, 0.3) is 11.0 Å². The third-order valence-corrected chi connectivity index (χ3v) is 6.47. The van der Waals surface area contributed by atoms with E-state index in [0.29, 0.717) is 18.2 Å². The molecule has 0 saturated heterocycles. The van der Waals surface area contributed by atoms with Crippen LogP contribution in [-0.2, 0) is 17.8 Å². The molecule has 2 aromatic carbocycles. The Bertz CT molecular complexity index is 1010. The van der Waals surface area contributed by atoms with Crippen LogP contribution < -0.4 is 10.1 Å². The number of fused-ring (bicyclic) bond motifs is 1. The van der Waals surface area contributed by atoms with Gasteiger partial charge in [0.05, 0.1) is 17.6 Å². The van der Waals surface area contributed by atoms with Crippen molar-refractivity contribution in [2.24, 2.45) is 5.92 Å². The zero-order valence-corrected chi connectivity index (χ0v) is 19.3. The van der Waals surface area contributed by atoms with Crippen LogP contribution in [0.3, 0.4) is 0 Å². The number of aromatic nitrogens is 2. The number of nitrogens with zero attached hydrogens (tertiary/aromatic N) is 2. The average molecular weight is 454 g/mol. The van der Waals surface area contributed by atoms with Gasteiger partial charge in [0.25, 0.3) is 0 Å². The summed E-state index contributed by atoms with van der Waals surface area (Å²) in [6.45, 7) is 2.19. The lowest BCUT2D eigenvalue weighted by atomic mass is 9.89. The summed E-state index contributed by atoms with van der Waals surface area (Å²) in [5.41, 5.74) is 2.17. The third kappa shape index (κ3) is 6.04. The average Bonchev–Trinajstić information content (AvgIpc) is 3.18. The fourth-order valence-corrected chi connectivity index (χ4v) is 4.59. The van der Waals surface area contributed by atoms with Gasteiger partial charge >= 0.3 is 0 Å². The van der Waals surface area contributed by atoms with Gasteiger partial charge < -0.3 is 14.6 Å². The molecule has 0 unspecified atom stereocenters. The van der Waals surface area contributed by atoms with E-state index >= 15 is 0 Å². The maximum atomic E-state index is 12.5. The second-order valence-corrected chi connectivity index (χ2v) is 8.99. The maximum absolute atomic E-state index is 12.5. The number of rotatable bonds is 10. The van der Waals surface area contributed by atoms with Crippen LogP contribution in [0.2, 0.25) is 5.02 Å². The molecule has 1 aromatic heterocycles. The number of amides is 1. The molecule has 0 aliphatic heterocycles. The van der Waals surface area contributed by atoms with Crippen molar-refractivity contribution in [1.82, 2.24) is 14.9 Å². The Balaban J connectivity index is 1.29. The summed E-state index contributed by atoms with van der Waals surface area (Å²) < 4.78 is 8.11. The molecule has 1 fully saturated rings. The number of nitrogens with one attached hydrogen (secondary N) is 1. The van der Waals surface area contributed by atoms with E-state index in [2.05, 4.69) is 28.1 Å². The summed E-state index contributed by atoms with van der Waals surface area (Å²) in [7, 11) is 0. The Hall–Kier alpha value is -2.53. The van der Waals surface area contributed by atoms with E-state index in [1.807, 2.05) is 30.3 Å². The fraction of sp³-hybridized carbons (Fsp3) is 0.462. The second kappa shape index (κ2) is 11.4. The number of carbonyl (C=O) groups is 1. The van der Waals surface area contributed by atoms with Gasteiger partial charge in [0.2, 0.25) is 5.91 Å². The molecule has 1 aliphatic rings. The lowest BCUT2D eigenvalue weighted by molar-refractivity contribution is -0.125. The molecule has 1 N–H and O–H groups in total. The molecule has 0 spiro atoms. The highest BCUT2D eigenvalue weighted by molar-refractivity contribution is 6.30. The standard InChI is InChI=1S/C26H32ClN3O2/c27-21-12-14-22(15-13-21)32-19-7-6-18-30-24-11-5-4-10-23(24)29-25(30)16-17-28-26(31)20-8-2-1-3-9-20/h4-5,10-15,20H,1-3,6-9,16-19H2,(H,28,31). The summed E-state index contributed by atoms with van der Waals surface area (Å²) >= 11 is 5.92. The van der Waals surface area contributed by atoms with Crippen LogP contribution in [0.1, 0.15) is 50.8 Å². The molecule has 0 radical (unpaired) electrons. The molecule has 4 rings (SSSR count). The van der Waals surface area contributed by atoms with E-state index in [4.69, 9.17) is 21.3 Å². The number of carbonyl (C=O) groups excluding carboxylic acids is 1. The number of aryl methyl sites for hydroxylation is 1. The molecule has 0 bridgehead atoms. The molecule has 6 heteroatoms. The molecule has 32 heavy (non-hydrogen) atoms. The Morgan fingerprint density at radius 1 is 1.06 bits per heavy atom. The van der Waals surface area contributed by atoms with Gasteiger partial charge in [-0.2, -0.15) is 0 Å². The number of ether oxygens (including phenoxy) is 1. The minimum atomic E-state index is 0.197. The highest BCUT2D eigenvalue weighted by Gasteiger charge is 2.20. The highest BCUT2D eigenvalue weighted by Crippen LogP contribution is 2.24. The molecule has 0 atom stereocenters. The number of unbranched alkanes of at least 4 members (excludes halogenated alkanes) is 1. The minimum absolute atomic E-state index is 0.197. The van der Waals surface area contributed by atoms with Crippen LogP contribution in [0.5, 0.6) is 5.75 Å². The molecule has 1 heterocycles. The van der Waals surface area contributed by atoms with Crippen molar-refractivity contribution in [3.8, 4) is 5.75 Å². The number of benzene rings is 2. The highest BCUT2D eigenvalue weighted by atomic mass is 35.5. The Labute approximate surface area is 195 Å². The molecular weight excluding hydrogens is 422 g/mol. The maximum Gasteiger partial charge on any atom is 0.223 e. The Morgan fingerprint density at radius 2 is 1.84 bits per heavy atom. The van der Waals surface area contributed by atoms with Gasteiger partial charge in [-0.05, 0) is 62.1 Å². The number of hydrogen-bond acceptors (Lipinski definition) is 3. The molecular formula is C26H32ClN3O2. The molecule has 5 nitrogen and oxygen atoms in total. The van der Waals surface area contributed by atoms with Crippen LogP contribution in [-0.4, -0.2) is 28.6 Å². The van der Waals surface area contributed by atoms with E-state index < -0.39 is 0 Å². The van der Waals surface area contributed by atoms with Crippen molar-refractivity contribution < 1.29 is 9.53 Å². The topological polar surface area (TPSA) is 56.2 Å². The van der Waals surface area contributed by atoms with E-state index in [-0.39, 0.29) is 11.8 Å². The lowest BCUT2D eigenvalue weighted by Gasteiger charge is -2.20. The predicted molar refractivity (Wildman–Crippen MR) is 129 cm³/mol. The van der Waals surface area contributed by atoms with Crippen molar-refractivity contribution in [2.75, 3.05) is 13.2 Å². The summed E-state index contributed by atoms with van der Waals surface area (Å²) in [6, 6.07) is 15.7. The first kappa shape index (κ1) is 22.7. The number of imidazole rings is 1. The second-order valence-electron chi connectivity index (χ2n) is 8.55. The van der Waals surface area contributed by atoms with Gasteiger partial charge in [-0.15, -0.1) is 0 Å². The van der Waals surface area contributed by atoms with E-state index in [0.717, 1.165) is 61.3 Å². The largest absolute Gasteiger partial charge is 0.494 e. The predicted octanol–water partition coefficient (Wildman–Crippen LogP) is 5.79. The molecule has 1 saturated carbocycles. The van der Waals surface area contributed by atoms with E-state index in [1.165, 1.54) is 19.3 Å². The van der Waals surface area contributed by atoms with Gasteiger partial charge in [-0.3, -0.25) is 4.79 Å². The Kier molecular flexibility index (Phi) is 8.05. The fourth-order valence-electron chi connectivity index (χ4n) is 4.47. The zero-order valence-electron chi connectivity index (χ0n) is 18.6. The summed E-state index contributed by atoms with van der Waals surface area (Å²) in [5, 5.41) is 3.86. The first-order valence-electron chi connectivity index (χ1n) is 11.8. The Morgan fingerprint density at radius 3 is 2.66 bits per heavy atom. The third-order valence-electron chi connectivity index (χ3n) is 6.22. The zero-order chi connectivity index (χ0) is 22.2. The number of hydrogen-bond donors (Lipinski definition) is 1. The minimum Gasteiger partial charge on any atom is -0.494 e. The van der Waals surface area contributed by atoms with Gasteiger partial charge in [0.15, 0.2) is 0 Å². The van der Waals surface area contributed by atoms with Crippen molar-refractivity contribution >= 4 is 28.5 Å². The SMILES string of the molecule is O=C(NCCc1nc2ccccc2n1CCCCOc1ccc(Cl)cc1)C1CCCCC1.